The van der Waals surface area contributed by atoms with Crippen LogP contribution in [0.4, 0.5) is 0 Å². The second-order valence-electron chi connectivity index (χ2n) is 4.43. The van der Waals surface area contributed by atoms with Gasteiger partial charge >= 0.3 is 0 Å². The van der Waals surface area contributed by atoms with Gasteiger partial charge in [-0.2, -0.15) is 3.97 Å². The zero-order valence-electron chi connectivity index (χ0n) is 10.8. The maximum Gasteiger partial charge on any atom is 0.271 e. The summed E-state index contributed by atoms with van der Waals surface area (Å²) in [5.74, 6) is 0. The van der Waals surface area contributed by atoms with Crippen LogP contribution in [0.3, 0.4) is 0 Å². The first kappa shape index (κ1) is 14.5. The summed E-state index contributed by atoms with van der Waals surface area (Å²) in [6.45, 7) is 1.89. The van der Waals surface area contributed by atoms with E-state index >= 15 is 0 Å². The van der Waals surface area contributed by atoms with Gasteiger partial charge in [-0.05, 0) is 41.1 Å². The fourth-order valence-electron chi connectivity index (χ4n) is 1.93. The molecule has 3 rings (SSSR count). The molecule has 0 fully saturated rings. The average Bonchev–Trinajstić information content (AvgIpc) is 2.77. The average molecular weight is 387 g/mol. The van der Waals surface area contributed by atoms with E-state index in [0.717, 1.165) is 9.54 Å². The molecule has 0 bridgehead atoms. The van der Waals surface area contributed by atoms with Crippen molar-refractivity contribution in [3.05, 3.63) is 51.8 Å². The van der Waals surface area contributed by atoms with Gasteiger partial charge in [0.1, 0.15) is 5.52 Å². The largest absolute Gasteiger partial charge is 0.271 e. The van der Waals surface area contributed by atoms with Gasteiger partial charge in [0.25, 0.3) is 10.0 Å². The lowest BCUT2D eigenvalue weighted by Crippen LogP contribution is -2.13. The molecular weight excluding hydrogens is 378 g/mol. The van der Waals surface area contributed by atoms with E-state index in [-0.39, 0.29) is 15.3 Å². The van der Waals surface area contributed by atoms with Gasteiger partial charge in [0, 0.05) is 6.20 Å². The third-order valence-corrected chi connectivity index (χ3v) is 5.75. The molecule has 0 aliphatic heterocycles. The topological polar surface area (TPSA) is 64.8 Å². The summed E-state index contributed by atoms with van der Waals surface area (Å²) < 4.78 is 26.7. The zero-order valence-corrected chi connectivity index (χ0v) is 13.9. The van der Waals surface area contributed by atoms with Crippen LogP contribution in [-0.4, -0.2) is 22.4 Å². The Bertz CT molecular complexity index is 936. The minimum atomic E-state index is -3.80. The van der Waals surface area contributed by atoms with Crippen LogP contribution in [-0.2, 0) is 10.0 Å². The molecule has 0 unspecified atom stereocenters. The van der Waals surface area contributed by atoms with Crippen molar-refractivity contribution in [3.8, 4) is 0 Å². The third kappa shape index (κ3) is 2.35. The highest BCUT2D eigenvalue weighted by Gasteiger charge is 2.24. The lowest BCUT2D eigenvalue weighted by atomic mass is 10.2. The van der Waals surface area contributed by atoms with Crippen LogP contribution in [0.1, 0.15) is 5.56 Å². The number of hydrogen-bond donors (Lipinski definition) is 0. The van der Waals surface area contributed by atoms with E-state index in [1.54, 1.807) is 30.3 Å². The lowest BCUT2D eigenvalue weighted by molar-refractivity contribution is 0.587. The zero-order chi connectivity index (χ0) is 15.2. The van der Waals surface area contributed by atoms with Crippen molar-refractivity contribution in [2.24, 2.45) is 0 Å². The van der Waals surface area contributed by atoms with Gasteiger partial charge in [-0.3, -0.25) is 0 Å². The van der Waals surface area contributed by atoms with Crippen molar-refractivity contribution in [2.75, 3.05) is 0 Å². The molecular formula is C13H9BrClN3O2S. The molecule has 0 amide bonds. The molecule has 108 valence electrons. The Labute approximate surface area is 134 Å². The van der Waals surface area contributed by atoms with Crippen molar-refractivity contribution >= 4 is 48.7 Å². The quantitative estimate of drug-likeness (QED) is 0.677. The van der Waals surface area contributed by atoms with Gasteiger partial charge in [-0.15, -0.1) is 0 Å². The Morgan fingerprint density at radius 3 is 2.52 bits per heavy atom. The molecule has 0 saturated carbocycles. The van der Waals surface area contributed by atoms with Crippen LogP contribution >= 0.6 is 27.5 Å². The van der Waals surface area contributed by atoms with Crippen molar-refractivity contribution in [1.29, 1.82) is 0 Å². The standard InChI is InChI=1S/C13H9BrClN3O2S/c1-8-2-4-9(5-3-8)21(19,20)18-12-11(17-13(18)14)10(15)6-7-16-12/h2-7H,1H3. The van der Waals surface area contributed by atoms with E-state index in [2.05, 4.69) is 25.9 Å². The fraction of sp³-hybridized carbons (Fsp3) is 0.0769. The first-order valence-electron chi connectivity index (χ1n) is 5.92. The number of benzene rings is 1. The maximum atomic E-state index is 12.8. The molecule has 0 atom stereocenters. The second kappa shape index (κ2) is 5.08. The summed E-state index contributed by atoms with van der Waals surface area (Å²) in [7, 11) is -3.80. The molecule has 0 saturated heterocycles. The van der Waals surface area contributed by atoms with E-state index in [1.165, 1.54) is 6.20 Å². The van der Waals surface area contributed by atoms with Crippen LogP contribution < -0.4 is 0 Å². The fourth-order valence-corrected chi connectivity index (χ4v) is 4.32. The van der Waals surface area contributed by atoms with Gasteiger partial charge in [0.05, 0.1) is 9.92 Å². The summed E-state index contributed by atoms with van der Waals surface area (Å²) in [5, 5.41) is 0.346. The Hall–Kier alpha value is -1.44. The normalized spacial score (nSPS) is 12.0. The van der Waals surface area contributed by atoms with Crippen LogP contribution in [0.5, 0.6) is 0 Å². The summed E-state index contributed by atoms with van der Waals surface area (Å²) in [6.07, 6.45) is 1.44. The number of aryl methyl sites for hydroxylation is 1. The first-order valence-corrected chi connectivity index (χ1v) is 8.53. The minimum Gasteiger partial charge on any atom is -0.236 e. The SMILES string of the molecule is Cc1ccc(S(=O)(=O)n2c(Br)nc3c(Cl)ccnc32)cc1. The summed E-state index contributed by atoms with van der Waals surface area (Å²) in [5.41, 5.74) is 1.50. The number of fused-ring (bicyclic) bond motifs is 1. The molecule has 5 nitrogen and oxygen atoms in total. The maximum absolute atomic E-state index is 12.8. The molecule has 0 spiro atoms. The number of hydrogen-bond acceptors (Lipinski definition) is 4. The molecule has 0 radical (unpaired) electrons. The molecule has 0 N–H and O–H groups in total. The number of nitrogens with zero attached hydrogens (tertiary/aromatic N) is 3. The molecule has 2 aromatic heterocycles. The molecule has 2 heterocycles. The Balaban J connectivity index is 2.31. The summed E-state index contributed by atoms with van der Waals surface area (Å²) in [6, 6.07) is 8.13. The van der Waals surface area contributed by atoms with Gasteiger partial charge in [0.15, 0.2) is 10.4 Å². The van der Waals surface area contributed by atoms with E-state index in [0.29, 0.717) is 10.5 Å². The number of halogens is 2. The highest BCUT2D eigenvalue weighted by Crippen LogP contribution is 2.28. The summed E-state index contributed by atoms with van der Waals surface area (Å²) in [4.78, 5) is 8.37. The third-order valence-electron chi connectivity index (χ3n) is 2.98. The van der Waals surface area contributed by atoms with E-state index < -0.39 is 10.0 Å². The van der Waals surface area contributed by atoms with Crippen LogP contribution in [0.15, 0.2) is 46.2 Å². The number of imidazole rings is 1. The molecule has 3 aromatic rings. The van der Waals surface area contributed by atoms with E-state index in [9.17, 15) is 8.42 Å². The van der Waals surface area contributed by atoms with E-state index in [1.807, 2.05) is 6.92 Å². The number of pyridine rings is 1. The van der Waals surface area contributed by atoms with Gasteiger partial charge < -0.3 is 0 Å². The van der Waals surface area contributed by atoms with Crippen LogP contribution in [0.2, 0.25) is 5.02 Å². The Morgan fingerprint density at radius 2 is 1.86 bits per heavy atom. The lowest BCUT2D eigenvalue weighted by Gasteiger charge is -2.07. The Morgan fingerprint density at radius 1 is 1.19 bits per heavy atom. The van der Waals surface area contributed by atoms with Gasteiger partial charge in [0.2, 0.25) is 0 Å². The van der Waals surface area contributed by atoms with Gasteiger partial charge in [-0.1, -0.05) is 29.3 Å². The van der Waals surface area contributed by atoms with Crippen LogP contribution in [0, 0.1) is 6.92 Å². The molecule has 21 heavy (non-hydrogen) atoms. The molecule has 0 aliphatic rings. The number of aromatic nitrogens is 3. The summed E-state index contributed by atoms with van der Waals surface area (Å²) >= 11 is 9.19. The van der Waals surface area contributed by atoms with E-state index in [4.69, 9.17) is 11.6 Å². The molecule has 0 aliphatic carbocycles. The first-order chi connectivity index (χ1) is 9.91. The molecule has 8 heteroatoms. The highest BCUT2D eigenvalue weighted by molar-refractivity contribution is 9.10. The monoisotopic (exact) mass is 385 g/mol. The number of rotatable bonds is 2. The van der Waals surface area contributed by atoms with Gasteiger partial charge in [-0.25, -0.2) is 18.4 Å². The van der Waals surface area contributed by atoms with Crippen LogP contribution in [0.25, 0.3) is 11.2 Å². The van der Waals surface area contributed by atoms with Crippen molar-refractivity contribution in [3.63, 3.8) is 0 Å². The van der Waals surface area contributed by atoms with Crippen molar-refractivity contribution in [2.45, 2.75) is 11.8 Å². The molecule has 1 aromatic carbocycles. The minimum absolute atomic E-state index is 0.138. The predicted molar refractivity (Wildman–Crippen MR) is 84.0 cm³/mol. The predicted octanol–water partition coefficient (Wildman–Crippen LogP) is 3.39. The van der Waals surface area contributed by atoms with Crippen molar-refractivity contribution in [1.82, 2.24) is 13.9 Å². The second-order valence-corrected chi connectivity index (χ2v) is 7.33. The Kier molecular flexibility index (Phi) is 3.51. The smallest absolute Gasteiger partial charge is 0.236 e. The highest BCUT2D eigenvalue weighted by atomic mass is 79.9. The van der Waals surface area contributed by atoms with Crippen molar-refractivity contribution < 1.29 is 8.42 Å².